The van der Waals surface area contributed by atoms with E-state index in [0.717, 1.165) is 42.8 Å². The maximum atomic E-state index is 14.1. The molecule has 1 N–H and O–H groups in total. The fourth-order valence-electron chi connectivity index (χ4n) is 5.28. The standard InChI is InChI=1S/C29H39N3O5S/c1-19-17-38-25-23(19)24(33)32(18-28(2,3)29(4,5)26(34)35)27(36)31(25)16-21(30-14-10-7-11-15-30)20-12-8-9-13-22(20)37-6/h8-9,12-13,17,21H,7,10-11,14-16,18H2,1-6H3,(H,34,35). The van der Waals surface area contributed by atoms with Crippen LogP contribution in [0.3, 0.4) is 0 Å². The summed E-state index contributed by atoms with van der Waals surface area (Å²) in [5, 5.41) is 12.3. The van der Waals surface area contributed by atoms with Crippen LogP contribution in [0.1, 0.15) is 64.1 Å². The highest BCUT2D eigenvalue weighted by atomic mass is 32.1. The lowest BCUT2D eigenvalue weighted by Crippen LogP contribution is -2.49. The predicted octanol–water partition coefficient (Wildman–Crippen LogP) is 4.91. The Bertz CT molecular complexity index is 1440. The molecule has 3 heterocycles. The van der Waals surface area contributed by atoms with Gasteiger partial charge in [0.1, 0.15) is 10.6 Å². The van der Waals surface area contributed by atoms with Gasteiger partial charge in [-0.05, 0) is 69.1 Å². The normalized spacial score (nSPS) is 16.1. The summed E-state index contributed by atoms with van der Waals surface area (Å²) in [5.74, 6) is -0.197. The van der Waals surface area contributed by atoms with Gasteiger partial charge < -0.3 is 9.84 Å². The quantitative estimate of drug-likeness (QED) is 0.414. The molecule has 1 fully saturated rings. The van der Waals surface area contributed by atoms with Gasteiger partial charge in [0.2, 0.25) is 0 Å². The third-order valence-electron chi connectivity index (χ3n) is 8.59. The molecule has 2 aromatic heterocycles. The molecule has 206 valence electrons. The number of aliphatic carboxylic acids is 1. The van der Waals surface area contributed by atoms with Crippen molar-refractivity contribution >= 4 is 27.5 Å². The molecule has 0 aliphatic carbocycles. The maximum absolute atomic E-state index is 14.1. The fraction of sp³-hybridized carbons (Fsp3) is 0.552. The molecule has 0 spiro atoms. The van der Waals surface area contributed by atoms with Crippen LogP contribution in [0, 0.1) is 17.8 Å². The van der Waals surface area contributed by atoms with E-state index in [2.05, 4.69) is 11.0 Å². The summed E-state index contributed by atoms with van der Waals surface area (Å²) in [6.45, 7) is 11.0. The van der Waals surface area contributed by atoms with Gasteiger partial charge in [-0.2, -0.15) is 0 Å². The number of aromatic nitrogens is 2. The van der Waals surface area contributed by atoms with Gasteiger partial charge in [0.25, 0.3) is 5.56 Å². The van der Waals surface area contributed by atoms with Crippen molar-refractivity contribution in [2.75, 3.05) is 20.2 Å². The summed E-state index contributed by atoms with van der Waals surface area (Å²) in [6.07, 6.45) is 3.36. The summed E-state index contributed by atoms with van der Waals surface area (Å²) in [5.41, 5.74) is -0.964. The van der Waals surface area contributed by atoms with Crippen molar-refractivity contribution in [2.45, 2.75) is 73.0 Å². The summed E-state index contributed by atoms with van der Waals surface area (Å²) >= 11 is 1.41. The van der Waals surface area contributed by atoms with Gasteiger partial charge in [-0.3, -0.25) is 23.6 Å². The molecule has 1 aromatic carbocycles. The Kier molecular flexibility index (Phi) is 7.91. The van der Waals surface area contributed by atoms with Gasteiger partial charge in [-0.1, -0.05) is 38.5 Å². The van der Waals surface area contributed by atoms with Crippen LogP contribution in [-0.4, -0.2) is 45.3 Å². The van der Waals surface area contributed by atoms with Crippen molar-refractivity contribution < 1.29 is 14.6 Å². The first-order valence-electron chi connectivity index (χ1n) is 13.2. The van der Waals surface area contributed by atoms with Crippen LogP contribution < -0.4 is 16.0 Å². The maximum Gasteiger partial charge on any atom is 0.332 e. The number of para-hydroxylation sites is 1. The van der Waals surface area contributed by atoms with E-state index < -0.39 is 22.5 Å². The molecule has 38 heavy (non-hydrogen) atoms. The van der Waals surface area contributed by atoms with Gasteiger partial charge in [0.05, 0.1) is 24.0 Å². The first-order valence-corrected chi connectivity index (χ1v) is 14.1. The molecular weight excluding hydrogens is 502 g/mol. The summed E-state index contributed by atoms with van der Waals surface area (Å²) < 4.78 is 8.70. The largest absolute Gasteiger partial charge is 0.496 e. The molecule has 0 bridgehead atoms. The number of hydrogen-bond donors (Lipinski definition) is 1. The third-order valence-corrected chi connectivity index (χ3v) is 9.71. The van der Waals surface area contributed by atoms with Crippen LogP contribution in [0.5, 0.6) is 5.75 Å². The smallest absolute Gasteiger partial charge is 0.332 e. The molecule has 8 nitrogen and oxygen atoms in total. The number of piperidine rings is 1. The second-order valence-electron chi connectivity index (χ2n) is 11.6. The molecule has 0 saturated carbocycles. The Morgan fingerprint density at radius 3 is 2.37 bits per heavy atom. The molecule has 1 unspecified atom stereocenters. The number of rotatable bonds is 9. The van der Waals surface area contributed by atoms with E-state index in [4.69, 9.17) is 4.74 Å². The highest BCUT2D eigenvalue weighted by molar-refractivity contribution is 7.17. The van der Waals surface area contributed by atoms with Gasteiger partial charge in [0.15, 0.2) is 0 Å². The van der Waals surface area contributed by atoms with Crippen LogP contribution in [0.25, 0.3) is 10.2 Å². The van der Waals surface area contributed by atoms with Gasteiger partial charge >= 0.3 is 11.7 Å². The highest BCUT2D eigenvalue weighted by Gasteiger charge is 2.44. The SMILES string of the molecule is COc1ccccc1C(Cn1c(=O)n(CC(C)(C)C(C)(C)C(=O)O)c(=O)c2c(C)csc21)N1CCCCC1. The monoisotopic (exact) mass is 541 g/mol. The lowest BCUT2D eigenvalue weighted by Gasteiger charge is -2.38. The number of ether oxygens (including phenoxy) is 1. The average molecular weight is 542 g/mol. The molecule has 9 heteroatoms. The molecule has 1 aliphatic rings. The Labute approximate surface area is 227 Å². The minimum Gasteiger partial charge on any atom is -0.496 e. The van der Waals surface area contributed by atoms with E-state index in [1.165, 1.54) is 22.3 Å². The number of hydrogen-bond acceptors (Lipinski definition) is 6. The van der Waals surface area contributed by atoms with Gasteiger partial charge in [-0.25, -0.2) is 4.79 Å². The van der Waals surface area contributed by atoms with E-state index in [0.29, 0.717) is 16.8 Å². The number of carboxylic acid groups (broad SMARTS) is 1. The Hall–Kier alpha value is -2.91. The number of fused-ring (bicyclic) bond motifs is 1. The number of carbonyl (C=O) groups is 1. The van der Waals surface area contributed by atoms with Crippen molar-refractivity contribution in [3.8, 4) is 5.75 Å². The number of carboxylic acids is 1. The van der Waals surface area contributed by atoms with E-state index in [1.807, 2.05) is 30.5 Å². The van der Waals surface area contributed by atoms with E-state index in [1.54, 1.807) is 39.4 Å². The first-order chi connectivity index (χ1) is 17.9. The zero-order valence-electron chi connectivity index (χ0n) is 23.2. The highest BCUT2D eigenvalue weighted by Crippen LogP contribution is 2.40. The second-order valence-corrected chi connectivity index (χ2v) is 12.4. The van der Waals surface area contributed by atoms with Crippen molar-refractivity contribution in [1.82, 2.24) is 14.0 Å². The van der Waals surface area contributed by atoms with Crippen LogP contribution in [0.2, 0.25) is 0 Å². The molecule has 1 saturated heterocycles. The van der Waals surface area contributed by atoms with Crippen LogP contribution in [0.15, 0.2) is 39.2 Å². The van der Waals surface area contributed by atoms with Gasteiger partial charge in [-0.15, -0.1) is 11.3 Å². The van der Waals surface area contributed by atoms with Gasteiger partial charge in [0, 0.05) is 18.7 Å². The number of aryl methyl sites for hydroxylation is 1. The molecule has 4 rings (SSSR count). The van der Waals surface area contributed by atoms with E-state index in [-0.39, 0.29) is 18.1 Å². The second kappa shape index (κ2) is 10.7. The van der Waals surface area contributed by atoms with Crippen molar-refractivity contribution in [1.29, 1.82) is 0 Å². The number of likely N-dealkylation sites (tertiary alicyclic amines) is 1. The number of benzene rings is 1. The van der Waals surface area contributed by atoms with Crippen molar-refractivity contribution in [2.24, 2.45) is 10.8 Å². The first kappa shape index (κ1) is 28.1. The van der Waals surface area contributed by atoms with Crippen LogP contribution >= 0.6 is 11.3 Å². The summed E-state index contributed by atoms with van der Waals surface area (Å²) in [7, 11) is 1.66. The Morgan fingerprint density at radius 1 is 1.08 bits per heavy atom. The molecule has 3 aromatic rings. The molecule has 0 amide bonds. The lowest BCUT2D eigenvalue weighted by atomic mass is 9.68. The molecule has 1 atom stereocenters. The lowest BCUT2D eigenvalue weighted by molar-refractivity contribution is -0.154. The van der Waals surface area contributed by atoms with Crippen LogP contribution in [0.4, 0.5) is 0 Å². The summed E-state index contributed by atoms with van der Waals surface area (Å²) in [6, 6.07) is 7.80. The number of thiophene rings is 1. The number of methoxy groups -OCH3 is 1. The fourth-order valence-corrected chi connectivity index (χ4v) is 6.33. The predicted molar refractivity (Wildman–Crippen MR) is 151 cm³/mol. The number of nitrogens with zero attached hydrogens (tertiary/aromatic N) is 3. The minimum absolute atomic E-state index is 0.00175. The van der Waals surface area contributed by atoms with Crippen LogP contribution in [-0.2, 0) is 17.9 Å². The van der Waals surface area contributed by atoms with E-state index in [9.17, 15) is 19.5 Å². The Morgan fingerprint density at radius 2 is 1.74 bits per heavy atom. The third kappa shape index (κ3) is 4.94. The van der Waals surface area contributed by atoms with Crippen molar-refractivity contribution in [3.05, 3.63) is 61.6 Å². The Balaban J connectivity index is 1.90. The van der Waals surface area contributed by atoms with Crippen molar-refractivity contribution in [3.63, 3.8) is 0 Å². The molecule has 0 radical (unpaired) electrons. The minimum atomic E-state index is -1.16. The topological polar surface area (TPSA) is 93.8 Å². The molecular formula is C29H39N3O5S. The average Bonchev–Trinajstić information content (AvgIpc) is 3.28. The zero-order chi connectivity index (χ0) is 27.8. The van der Waals surface area contributed by atoms with E-state index >= 15 is 0 Å². The zero-order valence-corrected chi connectivity index (χ0v) is 24.1. The summed E-state index contributed by atoms with van der Waals surface area (Å²) in [4.78, 5) is 43.0. The molecule has 1 aliphatic heterocycles.